The van der Waals surface area contributed by atoms with Gasteiger partial charge in [-0.25, -0.2) is 9.37 Å². The van der Waals surface area contributed by atoms with E-state index in [1.807, 2.05) is 0 Å². The Morgan fingerprint density at radius 3 is 2.65 bits per heavy atom. The third-order valence-corrected chi connectivity index (χ3v) is 6.19. The van der Waals surface area contributed by atoms with Gasteiger partial charge in [0.2, 0.25) is 0 Å². The zero-order valence-electron chi connectivity index (χ0n) is 15.6. The van der Waals surface area contributed by atoms with E-state index < -0.39 is 23.5 Å². The van der Waals surface area contributed by atoms with Crippen LogP contribution in [0, 0.1) is 5.82 Å². The van der Waals surface area contributed by atoms with Crippen LogP contribution in [0.5, 0.6) is 0 Å². The van der Waals surface area contributed by atoms with E-state index in [-0.39, 0.29) is 22.2 Å². The largest absolute Gasteiger partial charge is 0.507 e. The minimum absolute atomic E-state index is 0.132. The Bertz CT molecular complexity index is 1360. The third-order valence-electron chi connectivity index (χ3n) is 4.92. The molecule has 6 nitrogen and oxygen atoms in total. The Morgan fingerprint density at radius 2 is 1.94 bits per heavy atom. The number of carbonyl (C=O) groups excluding carboxylic acids is 2. The summed E-state index contributed by atoms with van der Waals surface area (Å²) in [6.45, 7) is 0. The van der Waals surface area contributed by atoms with Gasteiger partial charge in [0.25, 0.3) is 5.78 Å². The first-order valence-corrected chi connectivity index (χ1v) is 10.3. The SMILES string of the molecule is O=C1C(=O)N(c2nc3ccc(F)cc3s2)C(c2ccco2)C1=C(O)c1ccc(Cl)cc1. The Hall–Kier alpha value is -3.49. The second-order valence-electron chi connectivity index (χ2n) is 6.80. The summed E-state index contributed by atoms with van der Waals surface area (Å²) in [6, 6.07) is 12.5. The Kier molecular flexibility index (Phi) is 4.60. The first kappa shape index (κ1) is 19.5. The predicted molar refractivity (Wildman–Crippen MR) is 115 cm³/mol. The van der Waals surface area contributed by atoms with E-state index in [0.717, 1.165) is 11.3 Å². The summed E-state index contributed by atoms with van der Waals surface area (Å²) in [5.41, 5.74) is 0.678. The highest BCUT2D eigenvalue weighted by atomic mass is 35.5. The number of halogens is 2. The molecule has 0 saturated carbocycles. The number of ketones is 1. The van der Waals surface area contributed by atoms with Gasteiger partial charge in [-0.05, 0) is 54.6 Å². The first-order chi connectivity index (χ1) is 14.9. The van der Waals surface area contributed by atoms with Crippen molar-refractivity contribution in [3.05, 3.63) is 88.6 Å². The molecule has 1 atom stereocenters. The van der Waals surface area contributed by atoms with E-state index in [4.69, 9.17) is 16.0 Å². The summed E-state index contributed by atoms with van der Waals surface area (Å²) in [5, 5.41) is 11.6. The molecule has 5 rings (SSSR count). The maximum Gasteiger partial charge on any atom is 0.302 e. The molecule has 4 aromatic rings. The Labute approximate surface area is 183 Å². The molecule has 0 spiro atoms. The molecule has 0 radical (unpaired) electrons. The second kappa shape index (κ2) is 7.33. The number of carbonyl (C=O) groups is 2. The van der Waals surface area contributed by atoms with Gasteiger partial charge in [0.1, 0.15) is 23.4 Å². The lowest BCUT2D eigenvalue weighted by molar-refractivity contribution is -0.132. The number of fused-ring (bicyclic) bond motifs is 1. The van der Waals surface area contributed by atoms with Crippen molar-refractivity contribution in [1.82, 2.24) is 4.98 Å². The Morgan fingerprint density at radius 1 is 1.16 bits per heavy atom. The molecular formula is C22H12ClFN2O4S. The highest BCUT2D eigenvalue weighted by molar-refractivity contribution is 7.22. The fraction of sp³-hybridized carbons (Fsp3) is 0.0455. The number of rotatable bonds is 3. The number of amides is 1. The van der Waals surface area contributed by atoms with E-state index >= 15 is 0 Å². The normalized spacial score (nSPS) is 18.3. The van der Waals surface area contributed by atoms with Gasteiger partial charge in [-0.1, -0.05) is 22.9 Å². The van der Waals surface area contributed by atoms with E-state index in [1.165, 1.54) is 29.4 Å². The van der Waals surface area contributed by atoms with Crippen LogP contribution in [0.1, 0.15) is 17.4 Å². The monoisotopic (exact) mass is 454 g/mol. The highest BCUT2D eigenvalue weighted by Crippen LogP contribution is 2.44. The molecular weight excluding hydrogens is 443 g/mol. The number of hydrogen-bond acceptors (Lipinski definition) is 6. The van der Waals surface area contributed by atoms with Crippen molar-refractivity contribution in [2.75, 3.05) is 4.90 Å². The van der Waals surface area contributed by atoms with Crippen molar-refractivity contribution in [3.63, 3.8) is 0 Å². The van der Waals surface area contributed by atoms with Gasteiger partial charge in [-0.15, -0.1) is 0 Å². The third kappa shape index (κ3) is 3.20. The quantitative estimate of drug-likeness (QED) is 0.258. The van der Waals surface area contributed by atoms with Crippen molar-refractivity contribution in [2.45, 2.75) is 6.04 Å². The maximum absolute atomic E-state index is 13.6. The van der Waals surface area contributed by atoms with Gasteiger partial charge in [0.15, 0.2) is 5.13 Å². The molecule has 0 aliphatic carbocycles. The number of anilines is 1. The lowest BCUT2D eigenvalue weighted by atomic mass is 9.99. The van der Waals surface area contributed by atoms with Gasteiger partial charge in [-0.2, -0.15) is 0 Å². The van der Waals surface area contributed by atoms with Crippen LogP contribution in [0.4, 0.5) is 9.52 Å². The van der Waals surface area contributed by atoms with Gasteiger partial charge < -0.3 is 9.52 Å². The van der Waals surface area contributed by atoms with Crippen LogP contribution in [0.15, 0.2) is 70.9 Å². The van der Waals surface area contributed by atoms with E-state index in [1.54, 1.807) is 36.4 Å². The van der Waals surface area contributed by atoms with Crippen LogP contribution in [0.25, 0.3) is 16.0 Å². The molecule has 2 aromatic carbocycles. The number of aromatic nitrogens is 1. The molecule has 1 saturated heterocycles. The van der Waals surface area contributed by atoms with Crippen LogP contribution in [0.3, 0.4) is 0 Å². The standard InChI is InChI=1S/C22H12ClFN2O4S/c23-12-5-3-11(4-6-12)19(27)17-18(15-2-1-9-30-15)26(21(29)20(17)28)22-25-14-8-7-13(24)10-16(14)31-22/h1-10,18,27H. The average Bonchev–Trinajstić information content (AvgIpc) is 3.47. The number of aliphatic hydroxyl groups is 1. The molecule has 2 aromatic heterocycles. The highest BCUT2D eigenvalue weighted by Gasteiger charge is 2.49. The van der Waals surface area contributed by atoms with E-state index in [2.05, 4.69) is 4.98 Å². The van der Waals surface area contributed by atoms with Crippen molar-refractivity contribution in [3.8, 4) is 0 Å². The van der Waals surface area contributed by atoms with Crippen LogP contribution < -0.4 is 4.90 Å². The summed E-state index contributed by atoms with van der Waals surface area (Å²) >= 11 is 6.98. The van der Waals surface area contributed by atoms with Gasteiger partial charge in [0, 0.05) is 10.6 Å². The molecule has 1 unspecified atom stereocenters. The zero-order chi connectivity index (χ0) is 21.7. The summed E-state index contributed by atoms with van der Waals surface area (Å²) in [7, 11) is 0. The van der Waals surface area contributed by atoms with Crippen LogP contribution in [-0.2, 0) is 9.59 Å². The number of nitrogens with zero attached hydrogens (tertiary/aromatic N) is 2. The van der Waals surface area contributed by atoms with Crippen molar-refractivity contribution in [2.24, 2.45) is 0 Å². The lowest BCUT2D eigenvalue weighted by Crippen LogP contribution is -2.29. The van der Waals surface area contributed by atoms with Crippen LogP contribution >= 0.6 is 22.9 Å². The fourth-order valence-electron chi connectivity index (χ4n) is 3.50. The van der Waals surface area contributed by atoms with Crippen molar-refractivity contribution >= 4 is 55.7 Å². The van der Waals surface area contributed by atoms with Gasteiger partial charge >= 0.3 is 5.91 Å². The number of furan rings is 1. The van der Waals surface area contributed by atoms with Crippen LogP contribution in [0.2, 0.25) is 5.02 Å². The number of aliphatic hydroxyl groups excluding tert-OH is 1. The molecule has 1 N–H and O–H groups in total. The van der Waals surface area contributed by atoms with Crippen molar-refractivity contribution in [1.29, 1.82) is 0 Å². The predicted octanol–water partition coefficient (Wildman–Crippen LogP) is 5.31. The maximum atomic E-state index is 13.6. The molecule has 3 heterocycles. The van der Waals surface area contributed by atoms with E-state index in [0.29, 0.717) is 20.8 Å². The summed E-state index contributed by atoms with van der Waals surface area (Å²) in [5.74, 6) is -2.25. The molecule has 1 amide bonds. The second-order valence-corrected chi connectivity index (χ2v) is 8.25. The molecule has 1 fully saturated rings. The number of hydrogen-bond donors (Lipinski definition) is 1. The summed E-state index contributed by atoms with van der Waals surface area (Å²) < 4.78 is 19.6. The Balaban J connectivity index is 1.71. The molecule has 154 valence electrons. The average molecular weight is 455 g/mol. The van der Waals surface area contributed by atoms with Gasteiger partial charge in [0.05, 0.1) is 22.1 Å². The zero-order valence-corrected chi connectivity index (χ0v) is 17.2. The fourth-order valence-corrected chi connectivity index (χ4v) is 4.64. The summed E-state index contributed by atoms with van der Waals surface area (Å²) in [6.07, 6.45) is 1.41. The lowest BCUT2D eigenvalue weighted by Gasteiger charge is -2.20. The molecule has 31 heavy (non-hydrogen) atoms. The van der Waals surface area contributed by atoms with Crippen molar-refractivity contribution < 1.29 is 23.5 Å². The van der Waals surface area contributed by atoms with E-state index in [9.17, 15) is 19.1 Å². The topological polar surface area (TPSA) is 83.6 Å². The first-order valence-electron chi connectivity index (χ1n) is 9.10. The molecule has 0 bridgehead atoms. The minimum atomic E-state index is -1.03. The molecule has 1 aliphatic rings. The molecule has 1 aliphatic heterocycles. The number of Topliss-reactive ketones (excluding diaryl/α,β-unsaturated/α-hetero) is 1. The molecule has 9 heteroatoms. The summed E-state index contributed by atoms with van der Waals surface area (Å²) in [4.78, 5) is 31.6. The minimum Gasteiger partial charge on any atom is -0.507 e. The number of benzene rings is 2. The number of thiazole rings is 1. The smallest absolute Gasteiger partial charge is 0.302 e. The van der Waals surface area contributed by atoms with Crippen LogP contribution in [-0.4, -0.2) is 21.8 Å². The van der Waals surface area contributed by atoms with Gasteiger partial charge in [-0.3, -0.25) is 14.5 Å².